The van der Waals surface area contributed by atoms with Gasteiger partial charge in [-0.3, -0.25) is 0 Å². The second kappa shape index (κ2) is 4.80. The maximum Gasteiger partial charge on any atom is 0.160 e. The Morgan fingerprint density at radius 3 is 2.23 bits per heavy atom. The zero-order chi connectivity index (χ0) is 9.90. The Morgan fingerprint density at radius 1 is 1.31 bits per heavy atom. The molecule has 0 unspecified atom stereocenters. The Bertz CT molecular complexity index is 209. The van der Waals surface area contributed by atoms with E-state index in [1.165, 1.54) is 6.42 Å². The molecule has 13 heavy (non-hydrogen) atoms. The Morgan fingerprint density at radius 2 is 1.85 bits per heavy atom. The predicted octanol–water partition coefficient (Wildman–Crippen LogP) is 3.85. The lowest BCUT2D eigenvalue weighted by Crippen LogP contribution is -2.42. The third kappa shape index (κ3) is 2.48. The van der Waals surface area contributed by atoms with Gasteiger partial charge in [-0.15, -0.1) is 0 Å². The van der Waals surface area contributed by atoms with E-state index in [1.807, 2.05) is 11.7 Å². The highest BCUT2D eigenvalue weighted by Crippen LogP contribution is 2.55. The van der Waals surface area contributed by atoms with Crippen LogP contribution in [-0.4, -0.2) is 17.3 Å². The quantitative estimate of drug-likeness (QED) is 0.684. The first kappa shape index (κ1) is 11.5. The van der Waals surface area contributed by atoms with Crippen LogP contribution in [0.25, 0.3) is 0 Å². The molecule has 1 fully saturated rings. The van der Waals surface area contributed by atoms with Crippen LogP contribution in [0.3, 0.4) is 0 Å². The molecule has 0 atom stereocenters. The fourth-order valence-corrected chi connectivity index (χ4v) is 3.19. The van der Waals surface area contributed by atoms with E-state index in [0.717, 1.165) is 25.7 Å². The molecule has 0 spiro atoms. The minimum Gasteiger partial charge on any atom is -0.241 e. The monoisotopic (exact) mass is 238 g/mol. The molecular weight excluding hydrogens is 226 g/mol. The average molecular weight is 239 g/mol. The Balaban J connectivity index is 2.74. The van der Waals surface area contributed by atoms with Crippen molar-refractivity contribution in [2.75, 3.05) is 7.05 Å². The molecule has 0 aromatic heterocycles. The topological polar surface area (TPSA) is 27.0 Å². The van der Waals surface area contributed by atoms with Crippen molar-refractivity contribution in [1.29, 1.82) is 5.26 Å². The molecule has 0 amide bonds. The number of nitrogens with zero attached hydrogens (tertiary/aromatic N) is 2. The predicted molar refractivity (Wildman–Crippen MR) is 57.8 cm³/mol. The maximum atomic E-state index is 9.16. The fourth-order valence-electron chi connectivity index (χ4n) is 1.79. The minimum atomic E-state index is -1.18. The van der Waals surface area contributed by atoms with Crippen LogP contribution in [-0.2, 0) is 0 Å². The Hall–Kier alpha value is 0.460. The summed E-state index contributed by atoms with van der Waals surface area (Å²) in [6, 6.07) is 2.37. The van der Waals surface area contributed by atoms with Gasteiger partial charge < -0.3 is 0 Å². The van der Waals surface area contributed by atoms with E-state index in [-0.39, 0.29) is 0 Å². The van der Waals surface area contributed by atoms with Gasteiger partial charge in [0, 0.05) is 0 Å². The fraction of sp³-hybridized carbons (Fsp3) is 0.875. The molecule has 1 rings (SSSR count). The van der Waals surface area contributed by atoms with Gasteiger partial charge in [0.15, 0.2) is 6.78 Å². The van der Waals surface area contributed by atoms with Crippen molar-refractivity contribution in [3.8, 4) is 6.07 Å². The van der Waals surface area contributed by atoms with Crippen molar-refractivity contribution in [1.82, 2.24) is 4.67 Å². The van der Waals surface area contributed by atoms with Crippen molar-refractivity contribution >= 4 is 29.3 Å². The lowest BCUT2D eigenvalue weighted by molar-refractivity contribution is 0.224. The smallest absolute Gasteiger partial charge is 0.160 e. The van der Waals surface area contributed by atoms with Crippen LogP contribution in [0.4, 0.5) is 0 Å². The summed E-state index contributed by atoms with van der Waals surface area (Å²) < 4.78 is 1.84. The summed E-state index contributed by atoms with van der Waals surface area (Å²) in [5.41, 5.74) is -0.395. The van der Waals surface area contributed by atoms with E-state index in [1.54, 1.807) is 0 Å². The molecule has 0 N–H and O–H groups in total. The summed E-state index contributed by atoms with van der Waals surface area (Å²) in [7, 11) is 1.85. The summed E-state index contributed by atoms with van der Waals surface area (Å²) >= 11 is 11.7. The lowest BCUT2D eigenvalue weighted by atomic mass is 9.83. The van der Waals surface area contributed by atoms with Gasteiger partial charge in [-0.25, -0.2) is 4.67 Å². The van der Waals surface area contributed by atoms with Gasteiger partial charge in [-0.05, 0) is 19.9 Å². The summed E-state index contributed by atoms with van der Waals surface area (Å²) in [5, 5.41) is 9.16. The summed E-state index contributed by atoms with van der Waals surface area (Å²) in [6.45, 7) is -1.18. The highest BCUT2D eigenvalue weighted by molar-refractivity contribution is 8.02. The van der Waals surface area contributed by atoms with Gasteiger partial charge in [0.2, 0.25) is 0 Å². The van der Waals surface area contributed by atoms with Gasteiger partial charge in [-0.2, -0.15) is 5.26 Å². The Kier molecular flexibility index (Phi) is 4.26. The molecule has 0 aromatic rings. The van der Waals surface area contributed by atoms with Crippen LogP contribution in [0.15, 0.2) is 0 Å². The summed E-state index contributed by atoms with van der Waals surface area (Å²) in [6.07, 6.45) is 5.24. The number of nitriles is 1. The SMILES string of the molecule is CN(P(Cl)Cl)C1(C#N)CCCCC1. The average Bonchev–Trinajstić information content (AvgIpc) is 2.17. The van der Waals surface area contributed by atoms with Crippen molar-refractivity contribution in [3.05, 3.63) is 0 Å². The molecule has 5 heteroatoms. The second-order valence-corrected chi connectivity index (χ2v) is 6.91. The van der Waals surface area contributed by atoms with Gasteiger partial charge in [-0.1, -0.05) is 41.7 Å². The minimum absolute atomic E-state index is 0.395. The van der Waals surface area contributed by atoms with Crippen molar-refractivity contribution in [3.63, 3.8) is 0 Å². The van der Waals surface area contributed by atoms with Gasteiger partial charge in [0.05, 0.1) is 6.07 Å². The first-order valence-corrected chi connectivity index (χ1v) is 7.49. The van der Waals surface area contributed by atoms with Crippen molar-refractivity contribution in [2.24, 2.45) is 0 Å². The first-order valence-electron chi connectivity index (χ1n) is 4.39. The van der Waals surface area contributed by atoms with Crippen molar-refractivity contribution in [2.45, 2.75) is 37.6 Å². The second-order valence-electron chi connectivity index (χ2n) is 3.44. The van der Waals surface area contributed by atoms with Crippen LogP contribution >= 0.6 is 29.3 Å². The molecule has 0 aliphatic heterocycles. The van der Waals surface area contributed by atoms with Crippen LogP contribution < -0.4 is 0 Å². The summed E-state index contributed by atoms with van der Waals surface area (Å²) in [4.78, 5) is 0. The van der Waals surface area contributed by atoms with E-state index >= 15 is 0 Å². The van der Waals surface area contributed by atoms with Crippen LogP contribution in [0.2, 0.25) is 0 Å². The van der Waals surface area contributed by atoms with E-state index in [0.29, 0.717) is 0 Å². The molecule has 74 valence electrons. The normalized spacial score (nSPS) is 21.8. The largest absolute Gasteiger partial charge is 0.241 e. The lowest BCUT2D eigenvalue weighted by Gasteiger charge is -2.38. The van der Waals surface area contributed by atoms with E-state index in [4.69, 9.17) is 27.7 Å². The van der Waals surface area contributed by atoms with Crippen molar-refractivity contribution < 1.29 is 0 Å². The molecular formula is C8H13Cl2N2P. The molecule has 1 aliphatic carbocycles. The third-order valence-electron chi connectivity index (χ3n) is 2.74. The molecule has 0 radical (unpaired) electrons. The highest BCUT2D eigenvalue weighted by atomic mass is 35.9. The van der Waals surface area contributed by atoms with E-state index in [9.17, 15) is 0 Å². The van der Waals surface area contributed by atoms with Crippen LogP contribution in [0, 0.1) is 11.3 Å². The standard InChI is InChI=1S/C8H13Cl2N2P/c1-12(13(9)10)8(7-11)5-3-2-4-6-8/h2-6H2,1H3. The zero-order valence-corrected chi connectivity index (χ0v) is 10.0. The highest BCUT2D eigenvalue weighted by Gasteiger charge is 2.38. The van der Waals surface area contributed by atoms with Gasteiger partial charge >= 0.3 is 0 Å². The van der Waals surface area contributed by atoms with Gasteiger partial charge in [0.1, 0.15) is 5.54 Å². The van der Waals surface area contributed by atoms with Crippen LogP contribution in [0.5, 0.6) is 0 Å². The number of halogens is 2. The Labute approximate surface area is 90.2 Å². The van der Waals surface area contributed by atoms with E-state index < -0.39 is 12.3 Å². The number of hydrogen-bond donors (Lipinski definition) is 0. The molecule has 0 aromatic carbocycles. The number of hydrogen-bond acceptors (Lipinski definition) is 2. The molecule has 1 saturated carbocycles. The van der Waals surface area contributed by atoms with Crippen LogP contribution in [0.1, 0.15) is 32.1 Å². The molecule has 0 bridgehead atoms. The van der Waals surface area contributed by atoms with Gasteiger partial charge in [0.25, 0.3) is 0 Å². The first-order chi connectivity index (χ1) is 6.12. The number of rotatable bonds is 2. The maximum absolute atomic E-state index is 9.16. The molecule has 0 saturated heterocycles. The molecule has 0 heterocycles. The van der Waals surface area contributed by atoms with E-state index in [2.05, 4.69) is 6.07 Å². The zero-order valence-electron chi connectivity index (χ0n) is 7.63. The molecule has 2 nitrogen and oxygen atoms in total. The summed E-state index contributed by atoms with van der Waals surface area (Å²) in [5.74, 6) is 0. The third-order valence-corrected chi connectivity index (χ3v) is 4.93. The molecule has 1 aliphatic rings.